The van der Waals surface area contributed by atoms with Gasteiger partial charge in [0.05, 0.1) is 11.3 Å². The average molecular weight is 275 g/mol. The highest BCUT2D eigenvalue weighted by atomic mass is 16.4. The summed E-state index contributed by atoms with van der Waals surface area (Å²) < 4.78 is 0. The van der Waals surface area contributed by atoms with E-state index >= 15 is 0 Å². The maximum absolute atomic E-state index is 12.6. The highest BCUT2D eigenvalue weighted by Crippen LogP contribution is 2.41. The number of carbonyl (C=O) groups is 2. The molecule has 1 aliphatic carbocycles. The van der Waals surface area contributed by atoms with Gasteiger partial charge in [-0.3, -0.25) is 9.59 Å². The van der Waals surface area contributed by atoms with Gasteiger partial charge in [0.25, 0.3) is 0 Å². The van der Waals surface area contributed by atoms with Gasteiger partial charge in [-0.2, -0.15) is 0 Å². The minimum absolute atomic E-state index is 0.0331. The van der Waals surface area contributed by atoms with Crippen LogP contribution in [0.15, 0.2) is 30.3 Å². The van der Waals surface area contributed by atoms with Gasteiger partial charge in [-0.25, -0.2) is 0 Å². The van der Waals surface area contributed by atoms with Crippen molar-refractivity contribution in [1.29, 1.82) is 0 Å². The molecule has 0 saturated heterocycles. The van der Waals surface area contributed by atoms with Gasteiger partial charge in [-0.05, 0) is 18.4 Å². The number of carboxylic acid groups (broad SMARTS) is 1. The summed E-state index contributed by atoms with van der Waals surface area (Å²) in [6.45, 7) is 1.79. The molecule has 1 amide bonds. The number of nitrogens with one attached hydrogen (secondary N) is 1. The Morgan fingerprint density at radius 2 is 1.85 bits per heavy atom. The third kappa shape index (κ3) is 2.84. The lowest BCUT2D eigenvalue weighted by Gasteiger charge is -2.28. The van der Waals surface area contributed by atoms with Gasteiger partial charge in [0.15, 0.2) is 0 Å². The molecule has 108 valence electrons. The number of rotatable bonds is 5. The van der Waals surface area contributed by atoms with Crippen molar-refractivity contribution in [2.75, 3.05) is 6.54 Å². The molecule has 0 spiro atoms. The van der Waals surface area contributed by atoms with Crippen LogP contribution in [-0.4, -0.2) is 23.5 Å². The zero-order chi connectivity index (χ0) is 14.6. The van der Waals surface area contributed by atoms with Gasteiger partial charge >= 0.3 is 5.97 Å². The lowest BCUT2D eigenvalue weighted by molar-refractivity contribution is -0.141. The monoisotopic (exact) mass is 275 g/mol. The summed E-state index contributed by atoms with van der Waals surface area (Å²) in [5.74, 6) is -1.48. The molecule has 0 heterocycles. The van der Waals surface area contributed by atoms with Crippen LogP contribution in [0.3, 0.4) is 0 Å². The SMILES string of the molecule is CC(CNC(=O)C1(c2ccccc2)CCCC1)C(=O)O. The number of amides is 1. The van der Waals surface area contributed by atoms with E-state index in [0.717, 1.165) is 31.2 Å². The first kappa shape index (κ1) is 14.6. The fourth-order valence-corrected chi connectivity index (χ4v) is 2.88. The fraction of sp³-hybridized carbons (Fsp3) is 0.500. The number of hydrogen-bond donors (Lipinski definition) is 2. The van der Waals surface area contributed by atoms with E-state index in [9.17, 15) is 9.59 Å². The Bertz CT molecular complexity index is 478. The number of hydrogen-bond acceptors (Lipinski definition) is 2. The summed E-state index contributed by atoms with van der Waals surface area (Å²) in [7, 11) is 0. The molecule has 1 aromatic carbocycles. The molecule has 1 saturated carbocycles. The van der Waals surface area contributed by atoms with Crippen molar-refractivity contribution in [2.24, 2.45) is 5.92 Å². The molecule has 1 aliphatic rings. The Labute approximate surface area is 119 Å². The van der Waals surface area contributed by atoms with Gasteiger partial charge in [-0.15, -0.1) is 0 Å². The molecule has 0 radical (unpaired) electrons. The summed E-state index contributed by atoms with van der Waals surface area (Å²) in [6.07, 6.45) is 3.75. The van der Waals surface area contributed by atoms with E-state index in [1.54, 1.807) is 6.92 Å². The molecular weight excluding hydrogens is 254 g/mol. The zero-order valence-corrected chi connectivity index (χ0v) is 11.8. The van der Waals surface area contributed by atoms with Crippen molar-refractivity contribution < 1.29 is 14.7 Å². The third-order valence-electron chi connectivity index (χ3n) is 4.21. The van der Waals surface area contributed by atoms with Crippen molar-refractivity contribution in [3.8, 4) is 0 Å². The van der Waals surface area contributed by atoms with Crippen molar-refractivity contribution in [3.05, 3.63) is 35.9 Å². The zero-order valence-electron chi connectivity index (χ0n) is 11.8. The van der Waals surface area contributed by atoms with Crippen molar-refractivity contribution in [1.82, 2.24) is 5.32 Å². The number of aliphatic carboxylic acids is 1. The van der Waals surface area contributed by atoms with Crippen molar-refractivity contribution >= 4 is 11.9 Å². The minimum Gasteiger partial charge on any atom is -0.481 e. The van der Waals surface area contributed by atoms with E-state index in [2.05, 4.69) is 5.32 Å². The van der Waals surface area contributed by atoms with E-state index in [4.69, 9.17) is 5.11 Å². The Morgan fingerprint density at radius 3 is 2.40 bits per heavy atom. The second-order valence-electron chi connectivity index (χ2n) is 5.60. The Kier molecular flexibility index (Phi) is 4.42. The predicted octanol–water partition coefficient (Wildman–Crippen LogP) is 2.34. The number of carboxylic acids is 1. The quantitative estimate of drug-likeness (QED) is 0.866. The summed E-state index contributed by atoms with van der Waals surface area (Å²) in [6, 6.07) is 9.82. The van der Waals surface area contributed by atoms with Gasteiger partial charge in [-0.1, -0.05) is 50.1 Å². The van der Waals surface area contributed by atoms with Crippen LogP contribution in [0.25, 0.3) is 0 Å². The van der Waals surface area contributed by atoms with E-state index in [1.807, 2.05) is 30.3 Å². The molecule has 1 atom stereocenters. The van der Waals surface area contributed by atoms with E-state index in [0.29, 0.717) is 0 Å². The topological polar surface area (TPSA) is 66.4 Å². The lowest BCUT2D eigenvalue weighted by atomic mass is 9.78. The summed E-state index contributed by atoms with van der Waals surface area (Å²) >= 11 is 0. The molecule has 0 aromatic heterocycles. The van der Waals surface area contributed by atoms with E-state index < -0.39 is 17.3 Å². The summed E-state index contributed by atoms with van der Waals surface area (Å²) in [5.41, 5.74) is 0.567. The largest absolute Gasteiger partial charge is 0.481 e. The molecule has 0 aliphatic heterocycles. The minimum atomic E-state index is -0.884. The molecule has 2 N–H and O–H groups in total. The second-order valence-corrected chi connectivity index (χ2v) is 5.60. The lowest BCUT2D eigenvalue weighted by Crippen LogP contribution is -2.44. The molecule has 0 bridgehead atoms. The molecule has 4 heteroatoms. The van der Waals surface area contributed by atoms with Crippen LogP contribution >= 0.6 is 0 Å². The fourth-order valence-electron chi connectivity index (χ4n) is 2.88. The molecule has 4 nitrogen and oxygen atoms in total. The van der Waals surface area contributed by atoms with E-state index in [1.165, 1.54) is 0 Å². The Balaban J connectivity index is 2.13. The van der Waals surface area contributed by atoms with Crippen molar-refractivity contribution in [2.45, 2.75) is 38.0 Å². The maximum atomic E-state index is 12.6. The van der Waals surface area contributed by atoms with Crippen LogP contribution in [0.5, 0.6) is 0 Å². The van der Waals surface area contributed by atoms with Crippen LogP contribution in [0.2, 0.25) is 0 Å². The molecule has 1 fully saturated rings. The molecule has 2 rings (SSSR count). The highest BCUT2D eigenvalue weighted by Gasteiger charge is 2.42. The van der Waals surface area contributed by atoms with Gasteiger partial charge in [0, 0.05) is 6.54 Å². The standard InChI is InChI=1S/C16H21NO3/c1-12(14(18)19)11-17-15(20)16(9-5-6-10-16)13-7-3-2-4-8-13/h2-4,7-8,12H,5-6,9-11H2,1H3,(H,17,20)(H,18,19). The van der Waals surface area contributed by atoms with Gasteiger partial charge in [0.1, 0.15) is 0 Å². The Hall–Kier alpha value is -1.84. The normalized spacial score (nSPS) is 18.4. The summed E-state index contributed by atoms with van der Waals surface area (Å²) in [4.78, 5) is 23.4. The Morgan fingerprint density at radius 1 is 1.25 bits per heavy atom. The third-order valence-corrected chi connectivity index (χ3v) is 4.21. The van der Waals surface area contributed by atoms with Crippen LogP contribution in [0.4, 0.5) is 0 Å². The van der Waals surface area contributed by atoms with Crippen molar-refractivity contribution in [3.63, 3.8) is 0 Å². The smallest absolute Gasteiger partial charge is 0.308 e. The van der Waals surface area contributed by atoms with Gasteiger partial charge in [0.2, 0.25) is 5.91 Å². The van der Waals surface area contributed by atoms with Crippen LogP contribution < -0.4 is 5.32 Å². The molecule has 1 unspecified atom stereocenters. The second kappa shape index (κ2) is 6.07. The van der Waals surface area contributed by atoms with Gasteiger partial charge < -0.3 is 10.4 Å². The maximum Gasteiger partial charge on any atom is 0.308 e. The molecular formula is C16H21NO3. The highest BCUT2D eigenvalue weighted by molar-refractivity contribution is 5.89. The first-order valence-corrected chi connectivity index (χ1v) is 7.13. The van der Waals surface area contributed by atoms with Crippen LogP contribution in [0, 0.1) is 5.92 Å². The first-order valence-electron chi connectivity index (χ1n) is 7.13. The summed E-state index contributed by atoms with van der Waals surface area (Å²) in [5, 5.41) is 11.7. The average Bonchev–Trinajstić information content (AvgIpc) is 2.96. The van der Waals surface area contributed by atoms with E-state index in [-0.39, 0.29) is 12.5 Å². The predicted molar refractivity (Wildman–Crippen MR) is 76.4 cm³/mol. The number of carbonyl (C=O) groups excluding carboxylic acids is 1. The molecule has 20 heavy (non-hydrogen) atoms. The van der Waals surface area contributed by atoms with Crippen LogP contribution in [-0.2, 0) is 15.0 Å². The number of benzene rings is 1. The van der Waals surface area contributed by atoms with Crippen LogP contribution in [0.1, 0.15) is 38.2 Å². The molecule has 1 aromatic rings. The first-order chi connectivity index (χ1) is 9.56.